The highest BCUT2D eigenvalue weighted by molar-refractivity contribution is 5.74. The van der Waals surface area contributed by atoms with E-state index in [0.29, 0.717) is 12.2 Å². The van der Waals surface area contributed by atoms with Gasteiger partial charge in [-0.3, -0.25) is 4.79 Å². The zero-order valence-corrected chi connectivity index (χ0v) is 9.81. The Labute approximate surface area is 101 Å². The van der Waals surface area contributed by atoms with Gasteiger partial charge in [0.15, 0.2) is 0 Å². The van der Waals surface area contributed by atoms with Crippen molar-refractivity contribution in [2.45, 2.75) is 25.8 Å². The predicted octanol–water partition coefficient (Wildman–Crippen LogP) is 2.36. The molecule has 1 aromatic carbocycles. The zero-order chi connectivity index (χ0) is 12.5. The van der Waals surface area contributed by atoms with Gasteiger partial charge in [0, 0.05) is 0 Å². The third-order valence-electron chi connectivity index (χ3n) is 2.24. The third-order valence-corrected chi connectivity index (χ3v) is 2.24. The number of nitrogens with one attached hydrogen (secondary N) is 1. The lowest BCUT2D eigenvalue weighted by Crippen LogP contribution is -2.30. The standard InChI is InChI=1S/C13H16NO3/c1-2-3-9-17-13(16)14-12(10-15)11-7-5-4-6-8-11/h4-8,12H,2-3,9H2,1H3,(H,14,16)/t12-/m1/s1. The molecule has 0 unspecified atom stereocenters. The molecule has 91 valence electrons. The van der Waals surface area contributed by atoms with Gasteiger partial charge in [-0.15, -0.1) is 0 Å². The maximum Gasteiger partial charge on any atom is 0.407 e. The van der Waals surface area contributed by atoms with Crippen LogP contribution in [0.1, 0.15) is 31.4 Å². The molecule has 1 aromatic rings. The molecule has 1 amide bonds. The first-order valence-electron chi connectivity index (χ1n) is 5.63. The van der Waals surface area contributed by atoms with Crippen molar-refractivity contribution in [1.29, 1.82) is 0 Å². The van der Waals surface area contributed by atoms with Gasteiger partial charge < -0.3 is 10.1 Å². The molecule has 1 radical (unpaired) electrons. The van der Waals surface area contributed by atoms with Crippen molar-refractivity contribution in [3.8, 4) is 0 Å². The van der Waals surface area contributed by atoms with E-state index in [-0.39, 0.29) is 0 Å². The van der Waals surface area contributed by atoms with Gasteiger partial charge in [-0.25, -0.2) is 4.79 Å². The van der Waals surface area contributed by atoms with Gasteiger partial charge in [0.2, 0.25) is 6.29 Å². The van der Waals surface area contributed by atoms with Crippen LogP contribution in [0.15, 0.2) is 30.3 Å². The van der Waals surface area contributed by atoms with Gasteiger partial charge in [0.25, 0.3) is 0 Å². The molecule has 0 bridgehead atoms. The molecule has 0 fully saturated rings. The number of ether oxygens (including phenoxy) is 1. The first-order chi connectivity index (χ1) is 8.27. The molecule has 0 aliphatic rings. The molecule has 4 nitrogen and oxygen atoms in total. The Kier molecular flexibility index (Phi) is 5.79. The van der Waals surface area contributed by atoms with Crippen LogP contribution in [-0.2, 0) is 9.53 Å². The summed E-state index contributed by atoms with van der Waals surface area (Å²) >= 11 is 0. The molecule has 0 saturated heterocycles. The van der Waals surface area contributed by atoms with E-state index in [0.717, 1.165) is 12.8 Å². The van der Waals surface area contributed by atoms with E-state index in [1.54, 1.807) is 30.6 Å². The largest absolute Gasteiger partial charge is 0.450 e. The number of rotatable bonds is 6. The van der Waals surface area contributed by atoms with E-state index in [9.17, 15) is 9.59 Å². The van der Waals surface area contributed by atoms with E-state index in [1.807, 2.05) is 13.0 Å². The highest BCUT2D eigenvalue weighted by atomic mass is 16.5. The second-order valence-electron chi connectivity index (χ2n) is 3.60. The van der Waals surface area contributed by atoms with Crippen LogP contribution in [0.25, 0.3) is 0 Å². The summed E-state index contributed by atoms with van der Waals surface area (Å²) in [6.07, 6.45) is 2.96. The summed E-state index contributed by atoms with van der Waals surface area (Å²) in [7, 11) is 0. The summed E-state index contributed by atoms with van der Waals surface area (Å²) < 4.78 is 4.91. The van der Waals surface area contributed by atoms with Gasteiger partial charge in [0.1, 0.15) is 6.04 Å². The number of hydrogen-bond donors (Lipinski definition) is 1. The zero-order valence-electron chi connectivity index (χ0n) is 9.81. The monoisotopic (exact) mass is 234 g/mol. The average Bonchev–Trinajstić information content (AvgIpc) is 2.37. The molecule has 4 heteroatoms. The molecule has 1 N–H and O–H groups in total. The van der Waals surface area contributed by atoms with Crippen LogP contribution in [0.2, 0.25) is 0 Å². The first kappa shape index (κ1) is 13.2. The quantitative estimate of drug-likeness (QED) is 0.769. The molecule has 1 atom stereocenters. The van der Waals surface area contributed by atoms with E-state index >= 15 is 0 Å². The topological polar surface area (TPSA) is 55.4 Å². The Bertz CT molecular complexity index is 351. The van der Waals surface area contributed by atoms with Gasteiger partial charge in [-0.05, 0) is 12.0 Å². The number of benzene rings is 1. The summed E-state index contributed by atoms with van der Waals surface area (Å²) in [5, 5.41) is 2.46. The van der Waals surface area contributed by atoms with Crippen LogP contribution in [0.3, 0.4) is 0 Å². The van der Waals surface area contributed by atoms with E-state index in [2.05, 4.69) is 5.32 Å². The summed E-state index contributed by atoms with van der Waals surface area (Å²) in [5.41, 5.74) is 0.690. The van der Waals surface area contributed by atoms with Crippen LogP contribution < -0.4 is 5.32 Å². The van der Waals surface area contributed by atoms with Crippen molar-refractivity contribution in [2.75, 3.05) is 6.61 Å². The first-order valence-corrected chi connectivity index (χ1v) is 5.63. The smallest absolute Gasteiger partial charge is 0.407 e. The van der Waals surface area contributed by atoms with Gasteiger partial charge in [0.05, 0.1) is 6.61 Å². The SMILES string of the molecule is CCCCOC(=O)N[C@H]([C]=O)c1ccccc1. The molecule has 1 rings (SSSR count). The van der Waals surface area contributed by atoms with Crippen molar-refractivity contribution in [2.24, 2.45) is 0 Å². The highest BCUT2D eigenvalue weighted by Gasteiger charge is 2.14. The van der Waals surface area contributed by atoms with Crippen molar-refractivity contribution >= 4 is 12.4 Å². The minimum absolute atomic E-state index is 0.364. The van der Waals surface area contributed by atoms with E-state index < -0.39 is 12.1 Å². The summed E-state index contributed by atoms with van der Waals surface area (Å²) in [5.74, 6) is 0. The van der Waals surface area contributed by atoms with Crippen LogP contribution >= 0.6 is 0 Å². The number of hydrogen-bond acceptors (Lipinski definition) is 3. The van der Waals surface area contributed by atoms with Crippen molar-refractivity contribution in [1.82, 2.24) is 5.32 Å². The Morgan fingerprint density at radius 2 is 2.12 bits per heavy atom. The minimum Gasteiger partial charge on any atom is -0.450 e. The Morgan fingerprint density at radius 3 is 2.71 bits per heavy atom. The summed E-state index contributed by atoms with van der Waals surface area (Å²) in [6, 6.07) is 8.16. The minimum atomic E-state index is -0.773. The number of alkyl carbamates (subject to hydrolysis) is 1. The highest BCUT2D eigenvalue weighted by Crippen LogP contribution is 2.09. The Morgan fingerprint density at radius 1 is 1.41 bits per heavy atom. The average molecular weight is 234 g/mol. The molecule has 0 spiro atoms. The maximum atomic E-state index is 11.3. The van der Waals surface area contributed by atoms with Gasteiger partial charge in [-0.1, -0.05) is 43.7 Å². The third kappa shape index (κ3) is 4.68. The number of carbonyl (C=O) groups is 1. The molecule has 0 aliphatic carbocycles. The number of unbranched alkanes of at least 4 members (excludes halogenated alkanes) is 1. The molecular formula is C13H16NO3. The lowest BCUT2D eigenvalue weighted by Gasteiger charge is -2.12. The number of amides is 1. The Balaban J connectivity index is 2.47. The van der Waals surface area contributed by atoms with Crippen molar-refractivity contribution < 1.29 is 14.3 Å². The van der Waals surface area contributed by atoms with Crippen LogP contribution in [0.4, 0.5) is 4.79 Å². The van der Waals surface area contributed by atoms with Gasteiger partial charge in [-0.2, -0.15) is 0 Å². The van der Waals surface area contributed by atoms with Crippen molar-refractivity contribution in [3.05, 3.63) is 35.9 Å². The van der Waals surface area contributed by atoms with Crippen LogP contribution in [-0.4, -0.2) is 19.0 Å². The number of carbonyl (C=O) groups excluding carboxylic acids is 2. The van der Waals surface area contributed by atoms with Gasteiger partial charge >= 0.3 is 6.09 Å². The lowest BCUT2D eigenvalue weighted by atomic mass is 10.1. The fourth-order valence-corrected chi connectivity index (χ4v) is 1.30. The molecular weight excluding hydrogens is 218 g/mol. The second-order valence-corrected chi connectivity index (χ2v) is 3.60. The maximum absolute atomic E-state index is 11.3. The predicted molar refractivity (Wildman–Crippen MR) is 64.3 cm³/mol. The summed E-state index contributed by atoms with van der Waals surface area (Å²) in [6.45, 7) is 2.37. The van der Waals surface area contributed by atoms with E-state index in [4.69, 9.17) is 4.74 Å². The van der Waals surface area contributed by atoms with Crippen molar-refractivity contribution in [3.63, 3.8) is 0 Å². The molecule has 0 aliphatic heterocycles. The lowest BCUT2D eigenvalue weighted by molar-refractivity contribution is 0.143. The molecule has 0 aromatic heterocycles. The molecule has 0 heterocycles. The fraction of sp³-hybridized carbons (Fsp3) is 0.385. The fourth-order valence-electron chi connectivity index (χ4n) is 1.30. The second kappa shape index (κ2) is 7.44. The van der Waals surface area contributed by atoms with Crippen LogP contribution in [0, 0.1) is 0 Å². The molecule has 0 saturated carbocycles. The molecule has 17 heavy (non-hydrogen) atoms. The van der Waals surface area contributed by atoms with E-state index in [1.165, 1.54) is 0 Å². The normalized spacial score (nSPS) is 11.6. The summed E-state index contributed by atoms with van der Waals surface area (Å²) in [4.78, 5) is 22.1. The van der Waals surface area contributed by atoms with Crippen LogP contribution in [0.5, 0.6) is 0 Å². The Hall–Kier alpha value is -1.84.